The Morgan fingerprint density at radius 2 is 2.06 bits per heavy atom. The summed E-state index contributed by atoms with van der Waals surface area (Å²) in [5.41, 5.74) is 2.01. The Morgan fingerprint density at radius 1 is 1.28 bits per heavy atom. The van der Waals surface area contributed by atoms with Gasteiger partial charge in [0.25, 0.3) is 0 Å². The van der Waals surface area contributed by atoms with E-state index in [9.17, 15) is 0 Å². The van der Waals surface area contributed by atoms with Crippen LogP contribution in [-0.4, -0.2) is 4.98 Å². The van der Waals surface area contributed by atoms with Crippen LogP contribution in [0.5, 0.6) is 0 Å². The molecule has 0 radical (unpaired) electrons. The van der Waals surface area contributed by atoms with Gasteiger partial charge in [0.05, 0.1) is 5.02 Å². The van der Waals surface area contributed by atoms with Crippen molar-refractivity contribution in [2.75, 3.05) is 0 Å². The first kappa shape index (κ1) is 13.1. The minimum Gasteiger partial charge on any atom is -0.263 e. The molecule has 0 aliphatic rings. The highest BCUT2D eigenvalue weighted by atomic mass is 35.5. The molecule has 18 heavy (non-hydrogen) atoms. The van der Waals surface area contributed by atoms with Crippen LogP contribution >= 0.6 is 22.9 Å². The molecule has 92 valence electrons. The molecule has 0 fully saturated rings. The van der Waals surface area contributed by atoms with Crippen molar-refractivity contribution in [3.63, 3.8) is 0 Å². The lowest BCUT2D eigenvalue weighted by molar-refractivity contribution is 0.890. The minimum atomic E-state index is 0.447. The summed E-state index contributed by atoms with van der Waals surface area (Å²) in [6, 6.07) is 4.07. The molecule has 0 aliphatic heterocycles. The van der Waals surface area contributed by atoms with Crippen molar-refractivity contribution in [3.05, 3.63) is 40.0 Å². The lowest BCUT2D eigenvalue weighted by Gasteiger charge is -2.00. The quantitative estimate of drug-likeness (QED) is 0.706. The maximum absolute atomic E-state index is 6.25. The standard InChI is InChI=1S/C15H14ClNS/c1-4-5-11-6-12(9-17-8-11)14-7-13(16)15(18-14)10(2)3/h6-10H,1-3H3. The van der Waals surface area contributed by atoms with Crippen LogP contribution in [0.15, 0.2) is 24.5 Å². The van der Waals surface area contributed by atoms with Gasteiger partial charge in [-0.2, -0.15) is 0 Å². The van der Waals surface area contributed by atoms with Crippen molar-refractivity contribution in [2.24, 2.45) is 0 Å². The number of aromatic nitrogens is 1. The topological polar surface area (TPSA) is 12.9 Å². The second-order valence-corrected chi connectivity index (χ2v) is 5.81. The monoisotopic (exact) mass is 275 g/mol. The molecule has 0 unspecified atom stereocenters. The van der Waals surface area contributed by atoms with Crippen LogP contribution < -0.4 is 0 Å². The third-order valence-electron chi connectivity index (χ3n) is 2.53. The van der Waals surface area contributed by atoms with Crippen LogP contribution in [0.25, 0.3) is 10.4 Å². The first-order valence-corrected chi connectivity index (χ1v) is 6.98. The Kier molecular flexibility index (Phi) is 4.06. The molecule has 2 aromatic rings. The zero-order valence-corrected chi connectivity index (χ0v) is 12.2. The molecular weight excluding hydrogens is 262 g/mol. The molecule has 0 amide bonds. The molecule has 0 aromatic carbocycles. The predicted molar refractivity (Wildman–Crippen MR) is 79.2 cm³/mol. The highest BCUT2D eigenvalue weighted by Gasteiger charge is 2.12. The first-order valence-electron chi connectivity index (χ1n) is 5.79. The molecule has 2 aromatic heterocycles. The second-order valence-electron chi connectivity index (χ2n) is 4.31. The van der Waals surface area contributed by atoms with Crippen LogP contribution in [0.2, 0.25) is 5.02 Å². The number of nitrogens with zero attached hydrogens (tertiary/aromatic N) is 1. The van der Waals surface area contributed by atoms with Gasteiger partial charge < -0.3 is 0 Å². The van der Waals surface area contributed by atoms with E-state index in [0.29, 0.717) is 5.92 Å². The average molecular weight is 276 g/mol. The number of hydrogen-bond acceptors (Lipinski definition) is 2. The van der Waals surface area contributed by atoms with Crippen molar-refractivity contribution < 1.29 is 0 Å². The third-order valence-corrected chi connectivity index (χ3v) is 4.44. The lowest BCUT2D eigenvalue weighted by atomic mass is 10.1. The largest absolute Gasteiger partial charge is 0.263 e. The Labute approximate surface area is 117 Å². The van der Waals surface area contributed by atoms with Gasteiger partial charge in [-0.15, -0.1) is 17.3 Å². The van der Waals surface area contributed by atoms with E-state index in [2.05, 4.69) is 36.7 Å². The minimum absolute atomic E-state index is 0.447. The van der Waals surface area contributed by atoms with E-state index in [1.54, 1.807) is 17.5 Å². The van der Waals surface area contributed by atoms with Crippen molar-refractivity contribution in [3.8, 4) is 22.3 Å². The highest BCUT2D eigenvalue weighted by molar-refractivity contribution is 7.16. The van der Waals surface area contributed by atoms with Crippen LogP contribution in [0, 0.1) is 11.8 Å². The number of rotatable bonds is 2. The van der Waals surface area contributed by atoms with Gasteiger partial charge in [0.2, 0.25) is 0 Å². The van der Waals surface area contributed by atoms with E-state index < -0.39 is 0 Å². The van der Waals surface area contributed by atoms with E-state index in [-0.39, 0.29) is 0 Å². The van der Waals surface area contributed by atoms with Gasteiger partial charge in [-0.25, -0.2) is 0 Å². The zero-order chi connectivity index (χ0) is 13.1. The number of thiophene rings is 1. The summed E-state index contributed by atoms with van der Waals surface area (Å²) in [6.07, 6.45) is 3.63. The Morgan fingerprint density at radius 3 is 2.67 bits per heavy atom. The SMILES string of the molecule is CC#Cc1cncc(-c2cc(Cl)c(C(C)C)s2)c1. The summed E-state index contributed by atoms with van der Waals surface area (Å²) in [7, 11) is 0. The van der Waals surface area contributed by atoms with Crippen LogP contribution in [0.3, 0.4) is 0 Å². The van der Waals surface area contributed by atoms with E-state index in [4.69, 9.17) is 11.6 Å². The summed E-state index contributed by atoms with van der Waals surface area (Å²) >= 11 is 7.98. The summed E-state index contributed by atoms with van der Waals surface area (Å²) in [5.74, 6) is 6.35. The average Bonchev–Trinajstić information content (AvgIpc) is 2.72. The van der Waals surface area contributed by atoms with E-state index in [1.165, 1.54) is 4.88 Å². The van der Waals surface area contributed by atoms with Crippen molar-refractivity contribution in [2.45, 2.75) is 26.7 Å². The molecule has 0 atom stereocenters. The molecule has 3 heteroatoms. The maximum atomic E-state index is 6.25. The maximum Gasteiger partial charge on any atom is 0.0554 e. The van der Waals surface area contributed by atoms with Crippen molar-refractivity contribution >= 4 is 22.9 Å². The molecule has 0 aliphatic carbocycles. The molecule has 0 bridgehead atoms. The second kappa shape index (κ2) is 5.56. The molecule has 0 N–H and O–H groups in total. The summed E-state index contributed by atoms with van der Waals surface area (Å²) in [6.45, 7) is 6.13. The predicted octanol–water partition coefficient (Wildman–Crippen LogP) is 4.96. The van der Waals surface area contributed by atoms with E-state index in [1.807, 2.05) is 19.2 Å². The fourth-order valence-corrected chi connectivity index (χ4v) is 3.25. The van der Waals surface area contributed by atoms with E-state index >= 15 is 0 Å². The van der Waals surface area contributed by atoms with Crippen LogP contribution in [0.1, 0.15) is 37.1 Å². The fraction of sp³-hybridized carbons (Fsp3) is 0.267. The zero-order valence-electron chi connectivity index (χ0n) is 10.6. The Bertz CT molecular complexity index is 617. The van der Waals surface area contributed by atoms with Gasteiger partial charge in [0.1, 0.15) is 0 Å². The highest BCUT2D eigenvalue weighted by Crippen LogP contribution is 2.38. The molecule has 0 saturated carbocycles. The van der Waals surface area contributed by atoms with Gasteiger partial charge in [-0.05, 0) is 25.0 Å². The van der Waals surface area contributed by atoms with Gasteiger partial charge >= 0.3 is 0 Å². The third kappa shape index (κ3) is 2.75. The Balaban J connectivity index is 2.44. The fourth-order valence-electron chi connectivity index (χ4n) is 1.71. The number of hydrogen-bond donors (Lipinski definition) is 0. The Hall–Kier alpha value is -1.30. The lowest BCUT2D eigenvalue weighted by Crippen LogP contribution is -1.81. The molecule has 2 rings (SSSR count). The smallest absolute Gasteiger partial charge is 0.0554 e. The van der Waals surface area contributed by atoms with E-state index in [0.717, 1.165) is 21.0 Å². The summed E-state index contributed by atoms with van der Waals surface area (Å²) < 4.78 is 0. The molecule has 0 saturated heterocycles. The van der Waals surface area contributed by atoms with Crippen molar-refractivity contribution in [1.82, 2.24) is 4.98 Å². The van der Waals surface area contributed by atoms with Gasteiger partial charge in [0, 0.05) is 33.3 Å². The van der Waals surface area contributed by atoms with Crippen LogP contribution in [0.4, 0.5) is 0 Å². The number of pyridine rings is 1. The normalized spacial score (nSPS) is 10.3. The van der Waals surface area contributed by atoms with Crippen molar-refractivity contribution in [1.29, 1.82) is 0 Å². The molecule has 1 nitrogen and oxygen atoms in total. The van der Waals surface area contributed by atoms with Gasteiger partial charge in [-0.3, -0.25) is 4.98 Å². The number of halogens is 1. The molecular formula is C15H14ClNS. The van der Waals surface area contributed by atoms with Gasteiger partial charge in [0.15, 0.2) is 0 Å². The van der Waals surface area contributed by atoms with Crippen LogP contribution in [-0.2, 0) is 0 Å². The van der Waals surface area contributed by atoms with Gasteiger partial charge in [-0.1, -0.05) is 31.4 Å². The molecule has 2 heterocycles. The molecule has 0 spiro atoms. The summed E-state index contributed by atoms with van der Waals surface area (Å²) in [5, 5.41) is 0.844. The summed E-state index contributed by atoms with van der Waals surface area (Å²) in [4.78, 5) is 6.59. The first-order chi connectivity index (χ1) is 8.61.